The average Bonchev–Trinajstić information content (AvgIpc) is 2.82. The SMILES string of the molecule is O=C(O)CC1CN(CC2COc3ccccc32)CCO1. The number of carboxylic acid groups (broad SMARTS) is 1. The van der Waals surface area contributed by atoms with Gasteiger partial charge in [0.1, 0.15) is 5.75 Å². The fraction of sp³-hybridized carbons (Fsp3) is 0.533. The van der Waals surface area contributed by atoms with Crippen molar-refractivity contribution in [1.29, 1.82) is 0 Å². The van der Waals surface area contributed by atoms with E-state index in [4.69, 9.17) is 14.6 Å². The number of hydrogen-bond donors (Lipinski definition) is 1. The van der Waals surface area contributed by atoms with E-state index in [0.717, 1.165) is 18.8 Å². The van der Waals surface area contributed by atoms with Crippen LogP contribution in [0.5, 0.6) is 5.75 Å². The predicted octanol–water partition coefficient (Wildman–Crippen LogP) is 1.34. The van der Waals surface area contributed by atoms with Crippen LogP contribution in [0.2, 0.25) is 0 Å². The van der Waals surface area contributed by atoms with Crippen LogP contribution in [-0.2, 0) is 9.53 Å². The van der Waals surface area contributed by atoms with E-state index in [0.29, 0.717) is 25.7 Å². The number of aliphatic carboxylic acids is 1. The number of para-hydroxylation sites is 1. The van der Waals surface area contributed by atoms with Crippen molar-refractivity contribution in [2.24, 2.45) is 0 Å². The minimum absolute atomic E-state index is 0.0776. The van der Waals surface area contributed by atoms with Gasteiger partial charge >= 0.3 is 5.97 Å². The molecule has 2 unspecified atom stereocenters. The van der Waals surface area contributed by atoms with Gasteiger partial charge in [-0.15, -0.1) is 0 Å². The highest BCUT2D eigenvalue weighted by atomic mass is 16.5. The Morgan fingerprint density at radius 1 is 1.40 bits per heavy atom. The molecule has 0 spiro atoms. The summed E-state index contributed by atoms with van der Waals surface area (Å²) < 4.78 is 11.2. The molecule has 0 saturated carbocycles. The predicted molar refractivity (Wildman–Crippen MR) is 73.1 cm³/mol. The maximum Gasteiger partial charge on any atom is 0.306 e. The van der Waals surface area contributed by atoms with Gasteiger partial charge in [0, 0.05) is 31.1 Å². The minimum Gasteiger partial charge on any atom is -0.493 e. The molecule has 0 aliphatic carbocycles. The Hall–Kier alpha value is -1.59. The molecular weight excluding hydrogens is 258 g/mol. The lowest BCUT2D eigenvalue weighted by atomic mass is 10.0. The van der Waals surface area contributed by atoms with E-state index in [1.54, 1.807) is 0 Å². The van der Waals surface area contributed by atoms with E-state index >= 15 is 0 Å². The summed E-state index contributed by atoms with van der Waals surface area (Å²) in [6, 6.07) is 8.13. The van der Waals surface area contributed by atoms with Crippen LogP contribution in [0.1, 0.15) is 17.9 Å². The van der Waals surface area contributed by atoms with Gasteiger partial charge in [0.25, 0.3) is 0 Å². The first-order valence-corrected chi connectivity index (χ1v) is 7.00. The summed E-state index contributed by atoms with van der Waals surface area (Å²) >= 11 is 0. The highest BCUT2D eigenvalue weighted by Gasteiger charge is 2.29. The lowest BCUT2D eigenvalue weighted by Crippen LogP contribution is -2.45. The first-order chi connectivity index (χ1) is 9.72. The fourth-order valence-electron chi connectivity index (χ4n) is 2.96. The fourth-order valence-corrected chi connectivity index (χ4v) is 2.96. The third kappa shape index (κ3) is 2.94. The van der Waals surface area contributed by atoms with Crippen molar-refractivity contribution in [2.45, 2.75) is 18.4 Å². The zero-order chi connectivity index (χ0) is 13.9. The summed E-state index contributed by atoms with van der Waals surface area (Å²) in [6.45, 7) is 3.75. The summed E-state index contributed by atoms with van der Waals surface area (Å²) in [5.41, 5.74) is 1.26. The van der Waals surface area contributed by atoms with Gasteiger partial charge in [0.15, 0.2) is 0 Å². The second kappa shape index (κ2) is 5.81. The van der Waals surface area contributed by atoms with Crippen molar-refractivity contribution in [2.75, 3.05) is 32.8 Å². The molecule has 1 aromatic carbocycles. The van der Waals surface area contributed by atoms with Crippen LogP contribution in [0.4, 0.5) is 0 Å². The number of fused-ring (bicyclic) bond motifs is 1. The molecule has 5 nitrogen and oxygen atoms in total. The van der Waals surface area contributed by atoms with Crippen LogP contribution in [0, 0.1) is 0 Å². The molecular formula is C15H19NO4. The maximum atomic E-state index is 10.8. The molecule has 2 aliphatic heterocycles. The molecule has 2 heterocycles. The zero-order valence-electron chi connectivity index (χ0n) is 11.3. The number of morpholine rings is 1. The van der Waals surface area contributed by atoms with Crippen molar-refractivity contribution >= 4 is 5.97 Å². The molecule has 0 radical (unpaired) electrons. The molecule has 2 atom stereocenters. The molecule has 3 rings (SSSR count). The third-order valence-corrected chi connectivity index (χ3v) is 3.90. The van der Waals surface area contributed by atoms with E-state index < -0.39 is 5.97 Å². The number of benzene rings is 1. The molecule has 0 bridgehead atoms. The number of ether oxygens (including phenoxy) is 2. The van der Waals surface area contributed by atoms with Crippen molar-refractivity contribution in [3.8, 4) is 5.75 Å². The van der Waals surface area contributed by atoms with Gasteiger partial charge in [-0.3, -0.25) is 9.69 Å². The first-order valence-electron chi connectivity index (χ1n) is 7.00. The molecule has 0 aromatic heterocycles. The van der Waals surface area contributed by atoms with Crippen LogP contribution < -0.4 is 4.74 Å². The molecule has 5 heteroatoms. The molecule has 1 aromatic rings. The first kappa shape index (κ1) is 13.4. The Morgan fingerprint density at radius 2 is 2.25 bits per heavy atom. The highest BCUT2D eigenvalue weighted by molar-refractivity contribution is 5.67. The summed E-state index contributed by atoms with van der Waals surface area (Å²) in [6.07, 6.45) is -0.118. The van der Waals surface area contributed by atoms with Crippen molar-refractivity contribution in [3.63, 3.8) is 0 Å². The van der Waals surface area contributed by atoms with E-state index in [1.165, 1.54) is 5.56 Å². The molecule has 20 heavy (non-hydrogen) atoms. The van der Waals surface area contributed by atoms with E-state index in [2.05, 4.69) is 11.0 Å². The van der Waals surface area contributed by atoms with Crippen molar-refractivity contribution in [3.05, 3.63) is 29.8 Å². The Kier molecular flexibility index (Phi) is 3.89. The molecule has 1 saturated heterocycles. The Bertz CT molecular complexity index is 491. The Balaban J connectivity index is 1.60. The van der Waals surface area contributed by atoms with Crippen LogP contribution >= 0.6 is 0 Å². The standard InChI is InChI=1S/C15H19NO4/c17-15(18)7-12-9-16(5-6-19-12)8-11-10-20-14-4-2-1-3-13(11)14/h1-4,11-12H,5-10H2,(H,17,18). The molecule has 2 aliphatic rings. The Morgan fingerprint density at radius 3 is 3.10 bits per heavy atom. The van der Waals surface area contributed by atoms with Gasteiger partial charge in [-0.1, -0.05) is 18.2 Å². The van der Waals surface area contributed by atoms with Gasteiger partial charge in [-0.2, -0.15) is 0 Å². The van der Waals surface area contributed by atoms with Crippen molar-refractivity contribution in [1.82, 2.24) is 4.90 Å². The second-order valence-electron chi connectivity index (χ2n) is 5.40. The molecule has 108 valence electrons. The quantitative estimate of drug-likeness (QED) is 0.900. The lowest BCUT2D eigenvalue weighted by molar-refractivity contribution is -0.142. The summed E-state index contributed by atoms with van der Waals surface area (Å²) in [5, 5.41) is 8.85. The van der Waals surface area contributed by atoms with Gasteiger partial charge in [0.05, 0.1) is 25.7 Å². The summed E-state index contributed by atoms with van der Waals surface area (Å²) in [7, 11) is 0. The zero-order valence-corrected chi connectivity index (χ0v) is 11.3. The molecule has 0 amide bonds. The van der Waals surface area contributed by atoms with Crippen LogP contribution in [0.3, 0.4) is 0 Å². The summed E-state index contributed by atoms with van der Waals surface area (Å²) in [4.78, 5) is 13.0. The lowest BCUT2D eigenvalue weighted by Gasteiger charge is -2.33. The Labute approximate surface area is 118 Å². The normalized spacial score (nSPS) is 26.0. The van der Waals surface area contributed by atoms with Gasteiger partial charge in [0.2, 0.25) is 0 Å². The van der Waals surface area contributed by atoms with E-state index in [-0.39, 0.29) is 12.5 Å². The van der Waals surface area contributed by atoms with E-state index in [1.807, 2.05) is 18.2 Å². The van der Waals surface area contributed by atoms with Crippen molar-refractivity contribution < 1.29 is 19.4 Å². The smallest absolute Gasteiger partial charge is 0.306 e. The molecule has 1 fully saturated rings. The monoisotopic (exact) mass is 277 g/mol. The van der Waals surface area contributed by atoms with Crippen LogP contribution in [0.25, 0.3) is 0 Å². The largest absolute Gasteiger partial charge is 0.493 e. The molecule has 1 N–H and O–H groups in total. The van der Waals surface area contributed by atoms with Gasteiger partial charge < -0.3 is 14.6 Å². The number of rotatable bonds is 4. The topological polar surface area (TPSA) is 59.0 Å². The minimum atomic E-state index is -0.800. The highest BCUT2D eigenvalue weighted by Crippen LogP contribution is 2.34. The number of nitrogens with zero attached hydrogens (tertiary/aromatic N) is 1. The number of carbonyl (C=O) groups is 1. The number of carboxylic acids is 1. The second-order valence-corrected chi connectivity index (χ2v) is 5.40. The summed E-state index contributed by atoms with van der Waals surface area (Å²) in [5.74, 6) is 0.550. The number of hydrogen-bond acceptors (Lipinski definition) is 4. The van der Waals surface area contributed by atoms with Gasteiger partial charge in [-0.25, -0.2) is 0 Å². The third-order valence-electron chi connectivity index (χ3n) is 3.90. The van der Waals surface area contributed by atoms with E-state index in [9.17, 15) is 4.79 Å². The average molecular weight is 277 g/mol. The van der Waals surface area contributed by atoms with Crippen LogP contribution in [-0.4, -0.2) is 54.9 Å². The maximum absolute atomic E-state index is 10.8. The van der Waals surface area contributed by atoms with Gasteiger partial charge in [-0.05, 0) is 6.07 Å². The van der Waals surface area contributed by atoms with Crippen LogP contribution in [0.15, 0.2) is 24.3 Å².